The summed E-state index contributed by atoms with van der Waals surface area (Å²) in [5, 5.41) is 15.3. The van der Waals surface area contributed by atoms with Gasteiger partial charge in [-0.25, -0.2) is 0 Å². The lowest BCUT2D eigenvalue weighted by molar-refractivity contribution is -0.113. The van der Waals surface area contributed by atoms with Crippen molar-refractivity contribution in [3.8, 4) is 11.5 Å². The number of hydrogen-bond acceptors (Lipinski definition) is 8. The number of nitrogens with one attached hydrogen (secondary N) is 2. The molecule has 0 aliphatic heterocycles. The summed E-state index contributed by atoms with van der Waals surface area (Å²) in [5.74, 6) is 2.58. The van der Waals surface area contributed by atoms with Crippen LogP contribution < -0.4 is 20.1 Å². The first-order chi connectivity index (χ1) is 17.5. The number of benzene rings is 2. The van der Waals surface area contributed by atoms with Gasteiger partial charge in [0, 0.05) is 12.1 Å². The van der Waals surface area contributed by atoms with Crippen molar-refractivity contribution < 1.29 is 19.1 Å². The largest absolute Gasteiger partial charge is 0.497 e. The molecular weight excluding hydrogens is 498 g/mol. The van der Waals surface area contributed by atoms with Crippen molar-refractivity contribution >= 4 is 41.0 Å². The first kappa shape index (κ1) is 27.4. The molecule has 192 valence electrons. The van der Waals surface area contributed by atoms with E-state index in [1.807, 2.05) is 29.9 Å². The van der Waals surface area contributed by atoms with Crippen LogP contribution >= 0.6 is 23.5 Å². The minimum Gasteiger partial charge on any atom is -0.497 e. The van der Waals surface area contributed by atoms with E-state index in [0.717, 1.165) is 5.75 Å². The molecule has 0 saturated carbocycles. The zero-order valence-corrected chi connectivity index (χ0v) is 22.4. The number of aromatic nitrogens is 3. The Morgan fingerprint density at radius 1 is 1.06 bits per heavy atom. The fraction of sp³-hybridized carbons (Fsp3) is 0.360. The highest BCUT2D eigenvalue weighted by Crippen LogP contribution is 2.26. The second-order valence-corrected chi connectivity index (χ2v) is 9.59. The van der Waals surface area contributed by atoms with Crippen molar-refractivity contribution in [3.63, 3.8) is 0 Å². The summed E-state index contributed by atoms with van der Waals surface area (Å²) in [4.78, 5) is 25.5. The molecule has 36 heavy (non-hydrogen) atoms. The Morgan fingerprint density at radius 3 is 2.47 bits per heavy atom. The minimum absolute atomic E-state index is 0.157. The maximum absolute atomic E-state index is 13.0. The Labute approximate surface area is 219 Å². The summed E-state index contributed by atoms with van der Waals surface area (Å²) in [6, 6.07) is 13.9. The van der Waals surface area contributed by atoms with E-state index >= 15 is 0 Å². The van der Waals surface area contributed by atoms with Crippen LogP contribution in [0.2, 0.25) is 0 Å². The molecular formula is C25H31N5O4S2. The molecule has 1 unspecified atom stereocenters. The fourth-order valence-electron chi connectivity index (χ4n) is 3.51. The van der Waals surface area contributed by atoms with Crippen LogP contribution in [-0.4, -0.2) is 58.6 Å². The van der Waals surface area contributed by atoms with Crippen LogP contribution in [0.3, 0.4) is 0 Å². The SMILES string of the molecule is CCn1c(SCC(=O)Nc2ccccc2OC)nnc1C(CCSC)NC(=O)c1ccc(OC)cc1. The zero-order chi connectivity index (χ0) is 25.9. The van der Waals surface area contributed by atoms with Gasteiger partial charge in [0.2, 0.25) is 5.91 Å². The number of carbonyl (C=O) groups is 2. The van der Waals surface area contributed by atoms with Gasteiger partial charge in [-0.1, -0.05) is 23.9 Å². The third-order valence-corrected chi connectivity index (χ3v) is 6.97. The van der Waals surface area contributed by atoms with Gasteiger partial charge in [-0.3, -0.25) is 9.59 Å². The number of carbonyl (C=O) groups excluding carboxylic acids is 2. The van der Waals surface area contributed by atoms with Gasteiger partial charge < -0.3 is 24.7 Å². The number of methoxy groups -OCH3 is 2. The third kappa shape index (κ3) is 7.17. The van der Waals surface area contributed by atoms with Gasteiger partial charge in [-0.05, 0) is 61.8 Å². The quantitative estimate of drug-likeness (QED) is 0.316. The molecule has 3 rings (SSSR count). The van der Waals surface area contributed by atoms with Gasteiger partial charge in [-0.15, -0.1) is 10.2 Å². The van der Waals surface area contributed by atoms with E-state index in [9.17, 15) is 9.59 Å². The van der Waals surface area contributed by atoms with Crippen LogP contribution in [0.4, 0.5) is 5.69 Å². The smallest absolute Gasteiger partial charge is 0.251 e. The van der Waals surface area contributed by atoms with Gasteiger partial charge in [0.15, 0.2) is 11.0 Å². The number of nitrogens with zero attached hydrogens (tertiary/aromatic N) is 3. The third-order valence-electron chi connectivity index (χ3n) is 5.35. The number of amides is 2. The molecule has 0 aliphatic rings. The molecule has 2 amide bonds. The lowest BCUT2D eigenvalue weighted by Crippen LogP contribution is -2.31. The van der Waals surface area contributed by atoms with Crippen LogP contribution in [0, 0.1) is 0 Å². The molecule has 1 aromatic heterocycles. The Hall–Kier alpha value is -3.18. The van der Waals surface area contributed by atoms with Crippen LogP contribution in [0.1, 0.15) is 35.6 Å². The second kappa shape index (κ2) is 13.8. The van der Waals surface area contributed by atoms with E-state index in [1.165, 1.54) is 11.8 Å². The maximum Gasteiger partial charge on any atom is 0.251 e. The highest BCUT2D eigenvalue weighted by atomic mass is 32.2. The van der Waals surface area contributed by atoms with E-state index in [0.29, 0.717) is 46.7 Å². The molecule has 0 fully saturated rings. The summed E-state index contributed by atoms with van der Waals surface area (Å²) in [6.45, 7) is 2.59. The van der Waals surface area contributed by atoms with Crippen LogP contribution in [0.15, 0.2) is 53.7 Å². The van der Waals surface area contributed by atoms with Crippen LogP contribution in [-0.2, 0) is 11.3 Å². The van der Waals surface area contributed by atoms with Gasteiger partial charge in [0.05, 0.1) is 31.7 Å². The van der Waals surface area contributed by atoms with Crippen molar-refractivity contribution in [2.75, 3.05) is 37.3 Å². The zero-order valence-electron chi connectivity index (χ0n) is 20.8. The van der Waals surface area contributed by atoms with Crippen LogP contribution in [0.5, 0.6) is 11.5 Å². The average Bonchev–Trinajstić information content (AvgIpc) is 3.32. The van der Waals surface area contributed by atoms with Crippen molar-refractivity contribution in [2.24, 2.45) is 0 Å². The molecule has 2 N–H and O–H groups in total. The standard InChI is InChI=1S/C25H31N5O4S2/c1-5-30-23(20(14-15-35-4)27-24(32)17-10-12-18(33-2)13-11-17)28-29-25(30)36-16-22(31)26-19-8-6-7-9-21(19)34-3/h6-13,20H,5,14-16H2,1-4H3,(H,26,31)(H,27,32). The second-order valence-electron chi connectivity index (χ2n) is 7.66. The van der Waals surface area contributed by atoms with Gasteiger partial charge >= 0.3 is 0 Å². The van der Waals surface area contributed by atoms with E-state index in [-0.39, 0.29) is 23.6 Å². The summed E-state index contributed by atoms with van der Waals surface area (Å²) in [6.07, 6.45) is 2.72. The van der Waals surface area contributed by atoms with Gasteiger partial charge in [0.1, 0.15) is 11.5 Å². The monoisotopic (exact) mass is 529 g/mol. The Balaban J connectivity index is 1.71. The van der Waals surface area contributed by atoms with E-state index < -0.39 is 0 Å². The topological polar surface area (TPSA) is 107 Å². The van der Waals surface area contributed by atoms with Crippen molar-refractivity contribution in [2.45, 2.75) is 31.1 Å². The summed E-state index contributed by atoms with van der Waals surface area (Å²) in [7, 11) is 3.15. The summed E-state index contributed by atoms with van der Waals surface area (Å²) in [5.41, 5.74) is 1.15. The molecule has 0 radical (unpaired) electrons. The number of hydrogen-bond donors (Lipinski definition) is 2. The highest BCUT2D eigenvalue weighted by molar-refractivity contribution is 7.99. The molecule has 2 aromatic carbocycles. The van der Waals surface area contributed by atoms with E-state index in [1.54, 1.807) is 62.4 Å². The van der Waals surface area contributed by atoms with Crippen LogP contribution in [0.25, 0.3) is 0 Å². The fourth-order valence-corrected chi connectivity index (χ4v) is 4.79. The lowest BCUT2D eigenvalue weighted by atomic mass is 10.1. The average molecular weight is 530 g/mol. The maximum atomic E-state index is 13.0. The normalized spacial score (nSPS) is 11.6. The first-order valence-corrected chi connectivity index (χ1v) is 13.8. The van der Waals surface area contributed by atoms with E-state index in [4.69, 9.17) is 9.47 Å². The molecule has 0 bridgehead atoms. The number of ether oxygens (including phenoxy) is 2. The number of rotatable bonds is 13. The molecule has 0 aliphatic carbocycles. The molecule has 9 nitrogen and oxygen atoms in total. The van der Waals surface area contributed by atoms with Crippen molar-refractivity contribution in [1.29, 1.82) is 0 Å². The van der Waals surface area contributed by atoms with Crippen molar-refractivity contribution in [3.05, 3.63) is 59.9 Å². The summed E-state index contributed by atoms with van der Waals surface area (Å²) >= 11 is 3.00. The molecule has 1 atom stereocenters. The molecule has 1 heterocycles. The Morgan fingerprint density at radius 2 is 1.81 bits per heavy atom. The van der Waals surface area contributed by atoms with Gasteiger partial charge in [-0.2, -0.15) is 11.8 Å². The number of para-hydroxylation sites is 2. The lowest BCUT2D eigenvalue weighted by Gasteiger charge is -2.19. The number of thioether (sulfide) groups is 2. The first-order valence-electron chi connectivity index (χ1n) is 11.4. The Bertz CT molecular complexity index is 1150. The number of anilines is 1. The Kier molecular flexibility index (Phi) is 10.5. The minimum atomic E-state index is -0.323. The summed E-state index contributed by atoms with van der Waals surface area (Å²) < 4.78 is 12.4. The molecule has 0 saturated heterocycles. The molecule has 0 spiro atoms. The van der Waals surface area contributed by atoms with Gasteiger partial charge in [0.25, 0.3) is 5.91 Å². The predicted octanol–water partition coefficient (Wildman–Crippen LogP) is 4.27. The van der Waals surface area contributed by atoms with E-state index in [2.05, 4.69) is 20.8 Å². The predicted molar refractivity (Wildman–Crippen MR) is 144 cm³/mol. The molecule has 11 heteroatoms. The highest BCUT2D eigenvalue weighted by Gasteiger charge is 2.23. The molecule has 3 aromatic rings. The van der Waals surface area contributed by atoms with Crippen molar-refractivity contribution in [1.82, 2.24) is 20.1 Å².